The molecule has 0 atom stereocenters. The van der Waals surface area contributed by atoms with E-state index in [2.05, 4.69) is 10.3 Å². The van der Waals surface area contributed by atoms with Gasteiger partial charge < -0.3 is 15.2 Å². The van der Waals surface area contributed by atoms with E-state index in [9.17, 15) is 9.90 Å². The fourth-order valence-corrected chi connectivity index (χ4v) is 4.51. The van der Waals surface area contributed by atoms with Gasteiger partial charge in [-0.1, -0.05) is 30.3 Å². The minimum Gasteiger partial charge on any atom is -0.506 e. The Bertz CT molecular complexity index is 1440. The minimum atomic E-state index is -0.255. The molecule has 2 N–H and O–H groups in total. The number of aromatic nitrogens is 2. The SMILES string of the molecule is COc1ccc(-c2nn(-c3ccccc3)cc2/C=C2\SC(=Nc3c(C)cccc3O)NC2=O)cc1. The number of methoxy groups -OCH3 is 1. The zero-order valence-corrected chi connectivity index (χ0v) is 19.9. The molecule has 1 aliphatic heterocycles. The number of nitrogens with one attached hydrogen (secondary N) is 1. The van der Waals surface area contributed by atoms with Crippen LogP contribution in [0.3, 0.4) is 0 Å². The highest BCUT2D eigenvalue weighted by molar-refractivity contribution is 8.18. The highest BCUT2D eigenvalue weighted by Gasteiger charge is 2.25. The highest BCUT2D eigenvalue weighted by atomic mass is 32.2. The molecule has 0 spiro atoms. The average molecular weight is 483 g/mol. The molecule has 7 nitrogen and oxygen atoms in total. The van der Waals surface area contributed by atoms with Crippen LogP contribution in [-0.2, 0) is 4.79 Å². The first-order valence-electron chi connectivity index (χ1n) is 10.9. The van der Waals surface area contributed by atoms with Crippen molar-refractivity contribution in [1.82, 2.24) is 15.1 Å². The van der Waals surface area contributed by atoms with Crippen molar-refractivity contribution in [3.8, 4) is 28.4 Å². The van der Waals surface area contributed by atoms with Crippen molar-refractivity contribution in [2.75, 3.05) is 7.11 Å². The number of hydrogen-bond acceptors (Lipinski definition) is 6. The van der Waals surface area contributed by atoms with Crippen molar-refractivity contribution in [3.63, 3.8) is 0 Å². The van der Waals surface area contributed by atoms with Gasteiger partial charge in [-0.2, -0.15) is 5.10 Å². The molecule has 1 fully saturated rings. The molecule has 4 aromatic rings. The maximum absolute atomic E-state index is 12.8. The summed E-state index contributed by atoms with van der Waals surface area (Å²) in [6.45, 7) is 1.86. The average Bonchev–Trinajstić information content (AvgIpc) is 3.45. The van der Waals surface area contributed by atoms with Crippen molar-refractivity contribution >= 4 is 34.6 Å². The number of amides is 1. The van der Waals surface area contributed by atoms with Gasteiger partial charge >= 0.3 is 0 Å². The van der Waals surface area contributed by atoms with Gasteiger partial charge in [-0.25, -0.2) is 9.67 Å². The number of para-hydroxylation sites is 2. The third-order valence-electron chi connectivity index (χ3n) is 5.49. The normalized spacial score (nSPS) is 15.5. The zero-order valence-electron chi connectivity index (χ0n) is 19.1. The fourth-order valence-electron chi connectivity index (χ4n) is 3.69. The number of aliphatic imine (C=N–C) groups is 1. The van der Waals surface area contributed by atoms with Gasteiger partial charge in [0.25, 0.3) is 5.91 Å². The summed E-state index contributed by atoms with van der Waals surface area (Å²) >= 11 is 1.22. The Morgan fingerprint density at radius 3 is 2.54 bits per heavy atom. The molecular formula is C27H22N4O3S. The Morgan fingerprint density at radius 2 is 1.83 bits per heavy atom. The van der Waals surface area contributed by atoms with Crippen LogP contribution >= 0.6 is 11.8 Å². The second-order valence-electron chi connectivity index (χ2n) is 7.87. The molecular weight excluding hydrogens is 460 g/mol. The predicted molar refractivity (Wildman–Crippen MR) is 139 cm³/mol. The van der Waals surface area contributed by atoms with Gasteiger partial charge in [-0.15, -0.1) is 0 Å². The molecule has 2 heterocycles. The van der Waals surface area contributed by atoms with E-state index in [0.717, 1.165) is 33.8 Å². The summed E-state index contributed by atoms with van der Waals surface area (Å²) in [5, 5.41) is 18.2. The molecule has 0 unspecified atom stereocenters. The monoisotopic (exact) mass is 482 g/mol. The van der Waals surface area contributed by atoms with E-state index >= 15 is 0 Å². The first kappa shape index (κ1) is 22.5. The summed E-state index contributed by atoms with van der Waals surface area (Å²) in [5.74, 6) is 0.563. The van der Waals surface area contributed by atoms with Gasteiger partial charge in [0, 0.05) is 17.3 Å². The number of benzene rings is 3. The molecule has 0 radical (unpaired) electrons. The Labute approximate surface area is 206 Å². The summed E-state index contributed by atoms with van der Waals surface area (Å²) in [6, 6.07) is 22.6. The quantitative estimate of drug-likeness (QED) is 0.369. The standard InChI is InChI=1S/C27H22N4O3S/c1-17-7-6-10-22(32)24(17)28-27-29-26(33)23(35-27)15-19-16-31(20-8-4-3-5-9-20)30-25(19)18-11-13-21(34-2)14-12-18/h3-16,32H,1-2H3,(H,28,29,33)/b23-15-. The van der Waals surface area contributed by atoms with Crippen LogP contribution in [0.5, 0.6) is 11.5 Å². The van der Waals surface area contributed by atoms with E-state index in [-0.39, 0.29) is 11.7 Å². The Morgan fingerprint density at radius 1 is 1.06 bits per heavy atom. The lowest BCUT2D eigenvalue weighted by atomic mass is 10.1. The summed E-state index contributed by atoms with van der Waals surface area (Å²) < 4.78 is 7.08. The van der Waals surface area contributed by atoms with Gasteiger partial charge in [0.1, 0.15) is 17.2 Å². The second kappa shape index (κ2) is 9.52. The number of aromatic hydroxyl groups is 1. The molecule has 3 aromatic carbocycles. The lowest BCUT2D eigenvalue weighted by molar-refractivity contribution is -0.115. The molecule has 1 aliphatic rings. The number of rotatable bonds is 5. The van der Waals surface area contributed by atoms with Crippen molar-refractivity contribution in [1.29, 1.82) is 0 Å². The highest BCUT2D eigenvalue weighted by Crippen LogP contribution is 2.35. The first-order valence-corrected chi connectivity index (χ1v) is 11.7. The molecule has 35 heavy (non-hydrogen) atoms. The van der Waals surface area contributed by atoms with Crippen molar-refractivity contribution in [3.05, 3.63) is 95.0 Å². The molecule has 0 saturated carbocycles. The smallest absolute Gasteiger partial charge is 0.264 e. The topological polar surface area (TPSA) is 88.7 Å². The summed E-state index contributed by atoms with van der Waals surface area (Å²) in [5.41, 5.74) is 4.58. The number of carbonyl (C=O) groups is 1. The largest absolute Gasteiger partial charge is 0.506 e. The van der Waals surface area contributed by atoms with Crippen LogP contribution < -0.4 is 10.1 Å². The number of carbonyl (C=O) groups excluding carboxylic acids is 1. The molecule has 1 aromatic heterocycles. The molecule has 8 heteroatoms. The number of nitrogens with zero attached hydrogens (tertiary/aromatic N) is 3. The van der Waals surface area contributed by atoms with Gasteiger partial charge in [0.2, 0.25) is 0 Å². The summed E-state index contributed by atoms with van der Waals surface area (Å²) in [6.07, 6.45) is 3.71. The van der Waals surface area contributed by atoms with Crippen LogP contribution in [0.1, 0.15) is 11.1 Å². The maximum Gasteiger partial charge on any atom is 0.264 e. The number of aryl methyl sites for hydroxylation is 1. The minimum absolute atomic E-state index is 0.0655. The third-order valence-corrected chi connectivity index (χ3v) is 6.40. The zero-order chi connectivity index (χ0) is 24.4. The van der Waals surface area contributed by atoms with Gasteiger partial charge in [-0.05, 0) is 72.8 Å². The maximum atomic E-state index is 12.8. The van der Waals surface area contributed by atoms with Gasteiger partial charge in [0.05, 0.1) is 23.4 Å². The van der Waals surface area contributed by atoms with Crippen LogP contribution in [0.4, 0.5) is 5.69 Å². The number of phenolic OH excluding ortho intramolecular Hbond substituents is 1. The van der Waals surface area contributed by atoms with E-state index in [1.807, 2.05) is 79.9 Å². The fraction of sp³-hybridized carbons (Fsp3) is 0.0741. The van der Waals surface area contributed by atoms with Crippen LogP contribution in [0.15, 0.2) is 88.9 Å². The Kier molecular flexibility index (Phi) is 6.12. The van der Waals surface area contributed by atoms with Gasteiger partial charge in [-0.3, -0.25) is 4.79 Å². The number of phenols is 1. The summed E-state index contributed by atoms with van der Waals surface area (Å²) in [4.78, 5) is 17.7. The predicted octanol–water partition coefficient (Wildman–Crippen LogP) is 5.45. The molecule has 0 bridgehead atoms. The molecule has 5 rings (SSSR count). The van der Waals surface area contributed by atoms with Crippen LogP contribution in [0.25, 0.3) is 23.0 Å². The summed E-state index contributed by atoms with van der Waals surface area (Å²) in [7, 11) is 1.63. The lowest BCUT2D eigenvalue weighted by Crippen LogP contribution is -2.19. The second-order valence-corrected chi connectivity index (χ2v) is 8.90. The third kappa shape index (κ3) is 4.69. The molecule has 1 amide bonds. The van der Waals surface area contributed by atoms with E-state index in [1.165, 1.54) is 11.8 Å². The van der Waals surface area contributed by atoms with Gasteiger partial charge in [0.15, 0.2) is 5.17 Å². The molecule has 0 aliphatic carbocycles. The number of thioether (sulfide) groups is 1. The Hall–Kier alpha value is -4.30. The van der Waals surface area contributed by atoms with Crippen molar-refractivity contribution < 1.29 is 14.6 Å². The molecule has 174 valence electrons. The van der Waals surface area contributed by atoms with E-state index < -0.39 is 0 Å². The van der Waals surface area contributed by atoms with E-state index in [0.29, 0.717) is 15.8 Å². The lowest BCUT2D eigenvalue weighted by Gasteiger charge is -2.03. The molecule has 1 saturated heterocycles. The van der Waals surface area contributed by atoms with E-state index in [1.54, 1.807) is 23.9 Å². The van der Waals surface area contributed by atoms with Crippen LogP contribution in [0, 0.1) is 6.92 Å². The first-order chi connectivity index (χ1) is 17.0. The van der Waals surface area contributed by atoms with Crippen molar-refractivity contribution in [2.45, 2.75) is 6.92 Å². The Balaban J connectivity index is 1.54. The number of ether oxygens (including phenoxy) is 1. The van der Waals surface area contributed by atoms with Crippen molar-refractivity contribution in [2.24, 2.45) is 4.99 Å². The number of hydrogen-bond donors (Lipinski definition) is 2. The van der Waals surface area contributed by atoms with E-state index in [4.69, 9.17) is 9.84 Å². The van der Waals surface area contributed by atoms with Crippen LogP contribution in [-0.4, -0.2) is 33.1 Å². The van der Waals surface area contributed by atoms with Crippen LogP contribution in [0.2, 0.25) is 0 Å². The number of amidine groups is 1.